The first-order valence-electron chi connectivity index (χ1n) is 13.1. The number of quaternary nitrogens is 1. The lowest BCUT2D eigenvalue weighted by molar-refractivity contribution is -0.870. The number of phosphoric acid groups is 1. The molecule has 0 aromatic rings. The molecule has 2 atom stereocenters. The molecule has 0 aromatic carbocycles. The zero-order valence-corrected chi connectivity index (χ0v) is 23.4. The lowest BCUT2D eigenvalue weighted by Crippen LogP contribution is -2.37. The Bertz CT molecular complexity index is 632. The zero-order valence-electron chi connectivity index (χ0n) is 22.5. The average molecular weight is 520 g/mol. The van der Waals surface area contributed by atoms with E-state index in [1.807, 2.05) is 21.1 Å². The number of nitrogens with zero attached hydrogens (tertiary/aromatic N) is 1. The molecular weight excluding hydrogens is 469 g/mol. The molecule has 0 aromatic heterocycles. The molecule has 0 fully saturated rings. The van der Waals surface area contributed by atoms with Crippen LogP contribution in [0.15, 0.2) is 24.3 Å². The average Bonchev–Trinajstić information content (AvgIpc) is 2.78. The van der Waals surface area contributed by atoms with Crippen LogP contribution in [0.1, 0.15) is 84.0 Å². The highest BCUT2D eigenvalue weighted by Gasteiger charge is 2.16. The van der Waals surface area contributed by atoms with Gasteiger partial charge in [0.2, 0.25) is 0 Å². The van der Waals surface area contributed by atoms with E-state index in [9.17, 15) is 19.4 Å². The molecule has 0 aliphatic carbocycles. The first-order valence-corrected chi connectivity index (χ1v) is 14.6. The first-order chi connectivity index (χ1) is 16.6. The van der Waals surface area contributed by atoms with Gasteiger partial charge < -0.3 is 28.3 Å². The van der Waals surface area contributed by atoms with Gasteiger partial charge in [-0.2, -0.15) is 0 Å². The summed E-state index contributed by atoms with van der Waals surface area (Å²) in [5.74, 6) is -0.403. The Morgan fingerprint density at radius 2 is 1.51 bits per heavy atom. The summed E-state index contributed by atoms with van der Waals surface area (Å²) in [6.07, 6.45) is 20.2. The molecule has 8 nitrogen and oxygen atoms in total. The Kier molecular flexibility index (Phi) is 20.5. The third-order valence-electron chi connectivity index (χ3n) is 5.20. The summed E-state index contributed by atoms with van der Waals surface area (Å²) in [4.78, 5) is 23.5. The molecule has 0 aliphatic rings. The Morgan fingerprint density at radius 1 is 0.914 bits per heavy atom. The summed E-state index contributed by atoms with van der Waals surface area (Å²) in [5, 5.41) is 9.79. The quantitative estimate of drug-likeness (QED) is 0.0672. The molecular formula is C26H50NO7P. The second kappa shape index (κ2) is 21.1. The molecule has 9 heteroatoms. The van der Waals surface area contributed by atoms with E-state index in [1.54, 1.807) is 0 Å². The van der Waals surface area contributed by atoms with Crippen molar-refractivity contribution in [2.24, 2.45) is 0 Å². The summed E-state index contributed by atoms with van der Waals surface area (Å²) < 4.78 is 26.6. The van der Waals surface area contributed by atoms with Gasteiger partial charge in [-0.05, 0) is 38.5 Å². The maximum atomic E-state index is 11.8. The number of carbonyl (C=O) groups is 1. The van der Waals surface area contributed by atoms with Crippen molar-refractivity contribution in [1.29, 1.82) is 0 Å². The van der Waals surface area contributed by atoms with Crippen LogP contribution < -0.4 is 4.89 Å². The number of hydrogen-bond acceptors (Lipinski definition) is 7. The number of phosphoric ester groups is 1. The minimum atomic E-state index is -4.49. The third-order valence-corrected chi connectivity index (χ3v) is 6.17. The van der Waals surface area contributed by atoms with Crippen LogP contribution in [-0.4, -0.2) is 69.2 Å². The lowest BCUT2D eigenvalue weighted by Gasteiger charge is -2.27. The molecule has 0 bridgehead atoms. The number of likely N-dealkylation sites (N-methyl/N-ethyl adjacent to an activating group) is 1. The molecule has 0 radical (unpaired) electrons. The van der Waals surface area contributed by atoms with Crippen LogP contribution in [0.25, 0.3) is 0 Å². The van der Waals surface area contributed by atoms with Crippen molar-refractivity contribution in [3.05, 3.63) is 24.3 Å². The monoisotopic (exact) mass is 519 g/mol. The molecule has 0 saturated heterocycles. The smallest absolute Gasteiger partial charge is 0.305 e. The van der Waals surface area contributed by atoms with Gasteiger partial charge >= 0.3 is 5.97 Å². The third kappa shape index (κ3) is 25.9. The number of ether oxygens (including phenoxy) is 1. The molecule has 1 N–H and O–H groups in total. The maximum absolute atomic E-state index is 11.8. The SMILES string of the molecule is CCCCC/C=C\C/C=C\CCCCCCCC(=O)OC[C@H](O)COP(=O)([O-])OCC[N+](C)(C)C. The molecule has 1 unspecified atom stereocenters. The lowest BCUT2D eigenvalue weighted by atomic mass is 10.1. The summed E-state index contributed by atoms with van der Waals surface area (Å²) in [7, 11) is 1.24. The Morgan fingerprint density at radius 3 is 2.14 bits per heavy atom. The number of hydrogen-bond donors (Lipinski definition) is 1. The minimum Gasteiger partial charge on any atom is -0.756 e. The normalized spacial score (nSPS) is 15.0. The van der Waals surface area contributed by atoms with Gasteiger partial charge in [-0.1, -0.05) is 63.3 Å². The molecule has 0 spiro atoms. The molecule has 0 rings (SSSR count). The van der Waals surface area contributed by atoms with Gasteiger partial charge in [0.1, 0.15) is 25.9 Å². The van der Waals surface area contributed by atoms with E-state index in [2.05, 4.69) is 35.8 Å². The largest absolute Gasteiger partial charge is 0.756 e. The highest BCUT2D eigenvalue weighted by Crippen LogP contribution is 2.38. The summed E-state index contributed by atoms with van der Waals surface area (Å²) in [6, 6.07) is 0. The number of carbonyl (C=O) groups excluding carboxylic acids is 1. The van der Waals surface area contributed by atoms with Gasteiger partial charge in [0, 0.05) is 6.42 Å². The Labute approximate surface area is 213 Å². The highest BCUT2D eigenvalue weighted by atomic mass is 31.2. The van der Waals surface area contributed by atoms with Crippen LogP contribution >= 0.6 is 7.82 Å². The Hall–Kier alpha value is -1.02. The van der Waals surface area contributed by atoms with E-state index < -0.39 is 26.5 Å². The van der Waals surface area contributed by atoms with Crippen molar-refractivity contribution >= 4 is 13.8 Å². The maximum Gasteiger partial charge on any atom is 0.305 e. The van der Waals surface area contributed by atoms with E-state index in [-0.39, 0.29) is 19.6 Å². The second-order valence-electron chi connectivity index (χ2n) is 9.91. The van der Waals surface area contributed by atoms with Gasteiger partial charge in [-0.25, -0.2) is 0 Å². The number of unbranched alkanes of at least 4 members (excludes halogenated alkanes) is 8. The van der Waals surface area contributed by atoms with Gasteiger partial charge in [0.25, 0.3) is 7.82 Å². The van der Waals surface area contributed by atoms with Crippen molar-refractivity contribution in [3.63, 3.8) is 0 Å². The van der Waals surface area contributed by atoms with Gasteiger partial charge in [0.05, 0.1) is 27.7 Å². The van der Waals surface area contributed by atoms with Gasteiger partial charge in [0.15, 0.2) is 0 Å². The van der Waals surface area contributed by atoms with Crippen molar-refractivity contribution in [2.75, 3.05) is 47.5 Å². The van der Waals surface area contributed by atoms with Crippen molar-refractivity contribution < 1.29 is 37.6 Å². The number of aliphatic hydroxyl groups excluding tert-OH is 1. The summed E-state index contributed by atoms with van der Waals surface area (Å²) >= 11 is 0. The van der Waals surface area contributed by atoms with Gasteiger partial charge in [-0.3, -0.25) is 9.36 Å². The van der Waals surface area contributed by atoms with Crippen LogP contribution in [0.5, 0.6) is 0 Å². The van der Waals surface area contributed by atoms with E-state index >= 15 is 0 Å². The standard InChI is InChI=1S/C26H50NO7P/c1-5-6-7-8-9-10-11-12-13-14-15-16-17-18-19-20-26(29)32-23-25(28)24-34-35(30,31)33-22-21-27(2,3)4/h9-10,12-13,25,28H,5-8,11,14-24H2,1-4H3/b10-9-,13-12-/t25-/m0/s1. The topological polar surface area (TPSA) is 105 Å². The fraction of sp³-hybridized carbons (Fsp3) is 0.808. The summed E-state index contributed by atoms with van der Waals surface area (Å²) in [6.45, 7) is 1.88. The van der Waals surface area contributed by atoms with E-state index in [0.29, 0.717) is 11.0 Å². The van der Waals surface area contributed by atoms with Crippen LogP contribution in [0.3, 0.4) is 0 Å². The van der Waals surface area contributed by atoms with Gasteiger partial charge in [-0.15, -0.1) is 0 Å². The fourth-order valence-corrected chi connectivity index (χ4v) is 3.77. The second-order valence-corrected chi connectivity index (χ2v) is 11.3. The molecule has 206 valence electrons. The van der Waals surface area contributed by atoms with Crippen molar-refractivity contribution in [1.82, 2.24) is 0 Å². The number of rotatable bonds is 23. The predicted molar refractivity (Wildman–Crippen MR) is 139 cm³/mol. The Balaban J connectivity index is 3.64. The van der Waals surface area contributed by atoms with Crippen LogP contribution in [0, 0.1) is 0 Å². The molecule has 0 amide bonds. The van der Waals surface area contributed by atoms with E-state index in [1.165, 1.54) is 25.7 Å². The molecule has 35 heavy (non-hydrogen) atoms. The number of aliphatic hydroxyl groups is 1. The molecule has 0 heterocycles. The fourth-order valence-electron chi connectivity index (χ4n) is 3.03. The predicted octanol–water partition coefficient (Wildman–Crippen LogP) is 4.91. The van der Waals surface area contributed by atoms with Crippen LogP contribution in [0.4, 0.5) is 0 Å². The molecule has 0 saturated carbocycles. The highest BCUT2D eigenvalue weighted by molar-refractivity contribution is 7.45. The van der Waals surface area contributed by atoms with E-state index in [0.717, 1.165) is 44.9 Å². The molecule has 0 aliphatic heterocycles. The number of esters is 1. The van der Waals surface area contributed by atoms with Crippen molar-refractivity contribution in [2.45, 2.75) is 90.1 Å². The van der Waals surface area contributed by atoms with Crippen LogP contribution in [0.2, 0.25) is 0 Å². The summed E-state index contributed by atoms with van der Waals surface area (Å²) in [5.41, 5.74) is 0. The first kappa shape index (κ1) is 34.0. The van der Waals surface area contributed by atoms with Crippen molar-refractivity contribution in [3.8, 4) is 0 Å². The van der Waals surface area contributed by atoms with Crippen LogP contribution in [-0.2, 0) is 23.1 Å². The zero-order chi connectivity index (χ0) is 26.4. The van der Waals surface area contributed by atoms with E-state index in [4.69, 9.17) is 9.26 Å². The minimum absolute atomic E-state index is 0.0110. The number of allylic oxidation sites excluding steroid dienone is 4.